The molecule has 86 valence electrons. The average molecular weight is 219 g/mol. The SMILES string of the molecule is CN(CCC(=O)O)C(CC(=O)O)C(=O)O. The van der Waals surface area contributed by atoms with Gasteiger partial charge in [0.2, 0.25) is 0 Å². The molecule has 0 aromatic carbocycles. The fourth-order valence-electron chi connectivity index (χ4n) is 1.02. The predicted octanol–water partition coefficient (Wildman–Crippen LogP) is -0.679. The zero-order valence-corrected chi connectivity index (χ0v) is 8.21. The van der Waals surface area contributed by atoms with Crippen molar-refractivity contribution in [2.24, 2.45) is 0 Å². The topological polar surface area (TPSA) is 115 Å². The minimum absolute atomic E-state index is 0.000417. The Labute approximate surface area is 85.9 Å². The molecule has 1 atom stereocenters. The number of likely N-dealkylation sites (N-methyl/N-ethyl adjacent to an activating group) is 1. The molecule has 1 unspecified atom stereocenters. The maximum Gasteiger partial charge on any atom is 0.321 e. The molecule has 0 heterocycles. The summed E-state index contributed by atoms with van der Waals surface area (Å²) in [5.41, 5.74) is 0. The van der Waals surface area contributed by atoms with Crippen LogP contribution >= 0.6 is 0 Å². The summed E-state index contributed by atoms with van der Waals surface area (Å²) < 4.78 is 0. The standard InChI is InChI=1S/C8H13NO6/c1-9(3-2-6(10)11)5(8(14)15)4-7(12)13/h5H,2-4H2,1H3,(H,10,11)(H,12,13)(H,14,15). The Kier molecular flexibility index (Phi) is 5.32. The molecular weight excluding hydrogens is 206 g/mol. The van der Waals surface area contributed by atoms with Crippen molar-refractivity contribution in [3.8, 4) is 0 Å². The highest BCUT2D eigenvalue weighted by molar-refractivity contribution is 5.80. The first kappa shape index (κ1) is 13.4. The average Bonchev–Trinajstić information content (AvgIpc) is 2.09. The van der Waals surface area contributed by atoms with E-state index in [1.165, 1.54) is 11.9 Å². The molecule has 0 amide bonds. The van der Waals surface area contributed by atoms with Gasteiger partial charge in [-0.3, -0.25) is 19.3 Å². The van der Waals surface area contributed by atoms with E-state index >= 15 is 0 Å². The van der Waals surface area contributed by atoms with E-state index in [2.05, 4.69) is 0 Å². The van der Waals surface area contributed by atoms with Gasteiger partial charge in [0.25, 0.3) is 0 Å². The third-order valence-electron chi connectivity index (χ3n) is 1.86. The second-order valence-corrected chi connectivity index (χ2v) is 3.08. The highest BCUT2D eigenvalue weighted by Crippen LogP contribution is 2.03. The maximum atomic E-state index is 10.7. The van der Waals surface area contributed by atoms with E-state index < -0.39 is 30.4 Å². The molecule has 0 aliphatic rings. The number of hydrogen-bond acceptors (Lipinski definition) is 4. The van der Waals surface area contributed by atoms with E-state index in [4.69, 9.17) is 15.3 Å². The minimum atomic E-state index is -1.27. The third-order valence-corrected chi connectivity index (χ3v) is 1.86. The van der Waals surface area contributed by atoms with Crippen LogP contribution in [0.4, 0.5) is 0 Å². The second kappa shape index (κ2) is 5.97. The summed E-state index contributed by atoms with van der Waals surface area (Å²) >= 11 is 0. The Morgan fingerprint density at radius 1 is 1.13 bits per heavy atom. The Bertz CT molecular complexity index is 264. The highest BCUT2D eigenvalue weighted by Gasteiger charge is 2.25. The van der Waals surface area contributed by atoms with Gasteiger partial charge in [-0.25, -0.2) is 0 Å². The third kappa shape index (κ3) is 5.63. The lowest BCUT2D eigenvalue weighted by Crippen LogP contribution is -2.41. The maximum absolute atomic E-state index is 10.7. The number of carboxylic acid groups (broad SMARTS) is 3. The fraction of sp³-hybridized carbons (Fsp3) is 0.625. The van der Waals surface area contributed by atoms with Gasteiger partial charge in [0.1, 0.15) is 6.04 Å². The molecule has 0 bridgehead atoms. The Morgan fingerprint density at radius 2 is 1.67 bits per heavy atom. The van der Waals surface area contributed by atoms with Gasteiger partial charge in [-0.2, -0.15) is 0 Å². The van der Waals surface area contributed by atoms with Crippen molar-refractivity contribution >= 4 is 17.9 Å². The first-order valence-electron chi connectivity index (χ1n) is 4.21. The van der Waals surface area contributed by atoms with Crippen LogP contribution in [0.1, 0.15) is 12.8 Å². The lowest BCUT2D eigenvalue weighted by Gasteiger charge is -2.22. The predicted molar refractivity (Wildman–Crippen MR) is 48.6 cm³/mol. The van der Waals surface area contributed by atoms with Crippen LogP contribution in [0.15, 0.2) is 0 Å². The van der Waals surface area contributed by atoms with Crippen molar-refractivity contribution in [3.05, 3.63) is 0 Å². The van der Waals surface area contributed by atoms with E-state index in [1.807, 2.05) is 0 Å². The van der Waals surface area contributed by atoms with Crippen molar-refractivity contribution in [3.63, 3.8) is 0 Å². The molecule has 0 aromatic rings. The molecule has 0 fully saturated rings. The first-order valence-corrected chi connectivity index (χ1v) is 4.21. The van der Waals surface area contributed by atoms with Crippen LogP contribution in [0.3, 0.4) is 0 Å². The Balaban J connectivity index is 4.28. The molecule has 0 aliphatic carbocycles. The van der Waals surface area contributed by atoms with Crippen LogP contribution in [0.2, 0.25) is 0 Å². The highest BCUT2D eigenvalue weighted by atomic mass is 16.4. The van der Waals surface area contributed by atoms with Crippen molar-refractivity contribution < 1.29 is 29.7 Å². The molecule has 15 heavy (non-hydrogen) atoms. The molecule has 3 N–H and O–H groups in total. The van der Waals surface area contributed by atoms with Crippen LogP contribution < -0.4 is 0 Å². The summed E-state index contributed by atoms with van der Waals surface area (Å²) in [5.74, 6) is -3.56. The van der Waals surface area contributed by atoms with Gasteiger partial charge in [0.05, 0.1) is 12.8 Å². The van der Waals surface area contributed by atoms with Gasteiger partial charge < -0.3 is 15.3 Å². The van der Waals surface area contributed by atoms with Gasteiger partial charge in [-0.1, -0.05) is 0 Å². The summed E-state index contributed by atoms with van der Waals surface area (Å²) in [6.45, 7) is -0.000417. The van der Waals surface area contributed by atoms with E-state index in [1.54, 1.807) is 0 Å². The normalized spacial score (nSPS) is 12.4. The lowest BCUT2D eigenvalue weighted by molar-refractivity contribution is -0.149. The number of aliphatic carboxylic acids is 3. The Hall–Kier alpha value is -1.63. The van der Waals surface area contributed by atoms with Gasteiger partial charge in [0.15, 0.2) is 0 Å². The van der Waals surface area contributed by atoms with Crippen molar-refractivity contribution in [1.82, 2.24) is 4.90 Å². The molecule has 0 spiro atoms. The summed E-state index contributed by atoms with van der Waals surface area (Å²) in [6, 6.07) is -1.19. The van der Waals surface area contributed by atoms with E-state index in [0.717, 1.165) is 0 Å². The first-order chi connectivity index (χ1) is 6.84. The van der Waals surface area contributed by atoms with Gasteiger partial charge in [-0.05, 0) is 7.05 Å². The molecule has 0 saturated heterocycles. The summed E-state index contributed by atoms with van der Waals surface area (Å²) in [6.07, 6.45) is -0.772. The molecule has 7 heteroatoms. The van der Waals surface area contributed by atoms with Crippen molar-refractivity contribution in [2.45, 2.75) is 18.9 Å². The number of carbonyl (C=O) groups is 3. The zero-order chi connectivity index (χ0) is 12.0. The van der Waals surface area contributed by atoms with Gasteiger partial charge >= 0.3 is 17.9 Å². The Morgan fingerprint density at radius 3 is 2.00 bits per heavy atom. The number of carboxylic acids is 3. The van der Waals surface area contributed by atoms with Crippen molar-refractivity contribution in [2.75, 3.05) is 13.6 Å². The molecule has 0 saturated carbocycles. The smallest absolute Gasteiger partial charge is 0.321 e. The molecule has 0 radical (unpaired) electrons. The van der Waals surface area contributed by atoms with Crippen molar-refractivity contribution in [1.29, 1.82) is 0 Å². The van der Waals surface area contributed by atoms with E-state index in [-0.39, 0.29) is 13.0 Å². The molecule has 0 aliphatic heterocycles. The molecular formula is C8H13NO6. The van der Waals surface area contributed by atoms with Gasteiger partial charge in [0, 0.05) is 6.54 Å². The molecule has 0 rings (SSSR count). The number of hydrogen-bond donors (Lipinski definition) is 3. The summed E-state index contributed by atoms with van der Waals surface area (Å²) in [4.78, 5) is 32.4. The van der Waals surface area contributed by atoms with Crippen LogP contribution in [0.25, 0.3) is 0 Å². The zero-order valence-electron chi connectivity index (χ0n) is 8.21. The minimum Gasteiger partial charge on any atom is -0.481 e. The monoisotopic (exact) mass is 219 g/mol. The second-order valence-electron chi connectivity index (χ2n) is 3.08. The van der Waals surface area contributed by atoms with Crippen LogP contribution in [-0.4, -0.2) is 57.8 Å². The summed E-state index contributed by atoms with van der Waals surface area (Å²) in [7, 11) is 1.38. The lowest BCUT2D eigenvalue weighted by atomic mass is 10.2. The number of rotatable bonds is 7. The fourth-order valence-corrected chi connectivity index (χ4v) is 1.02. The van der Waals surface area contributed by atoms with Gasteiger partial charge in [-0.15, -0.1) is 0 Å². The van der Waals surface area contributed by atoms with Crippen LogP contribution in [0, 0.1) is 0 Å². The van der Waals surface area contributed by atoms with E-state index in [0.29, 0.717) is 0 Å². The molecule has 7 nitrogen and oxygen atoms in total. The summed E-state index contributed by atoms with van der Waals surface area (Å²) in [5, 5.41) is 25.5. The van der Waals surface area contributed by atoms with Crippen LogP contribution in [-0.2, 0) is 14.4 Å². The number of nitrogens with zero attached hydrogens (tertiary/aromatic N) is 1. The van der Waals surface area contributed by atoms with Crippen LogP contribution in [0.5, 0.6) is 0 Å². The quantitative estimate of drug-likeness (QED) is 0.519. The van der Waals surface area contributed by atoms with E-state index in [9.17, 15) is 14.4 Å². The molecule has 0 aromatic heterocycles. The largest absolute Gasteiger partial charge is 0.481 e.